The maximum atomic E-state index is 12.4. The van der Waals surface area contributed by atoms with E-state index in [1.165, 1.54) is 0 Å². The number of rotatable bonds is 7. The quantitative estimate of drug-likeness (QED) is 0.596. The van der Waals surface area contributed by atoms with Crippen molar-refractivity contribution in [3.05, 3.63) is 94.4 Å². The predicted molar refractivity (Wildman–Crippen MR) is 106 cm³/mol. The summed E-state index contributed by atoms with van der Waals surface area (Å²) in [4.78, 5) is 12.4. The van der Waals surface area contributed by atoms with Crippen LogP contribution in [0.5, 0.6) is 0 Å². The van der Waals surface area contributed by atoms with E-state index in [1.54, 1.807) is 6.26 Å². The SMILES string of the molecule is C[C@H](NC(=O)CN[C@H](c1ccccc1)c1ccco1)c1ccccc1Br. The molecule has 0 saturated carbocycles. The summed E-state index contributed by atoms with van der Waals surface area (Å²) in [6, 6.07) is 21.3. The van der Waals surface area contributed by atoms with Gasteiger partial charge < -0.3 is 9.73 Å². The lowest BCUT2D eigenvalue weighted by atomic mass is 10.0. The van der Waals surface area contributed by atoms with Crippen molar-refractivity contribution in [1.82, 2.24) is 10.6 Å². The lowest BCUT2D eigenvalue weighted by Gasteiger charge is -2.19. The number of furan rings is 1. The van der Waals surface area contributed by atoms with Crippen LogP contribution in [0.2, 0.25) is 0 Å². The van der Waals surface area contributed by atoms with Crippen molar-refractivity contribution >= 4 is 21.8 Å². The first-order valence-electron chi connectivity index (χ1n) is 8.50. The van der Waals surface area contributed by atoms with Crippen LogP contribution in [0.3, 0.4) is 0 Å². The summed E-state index contributed by atoms with van der Waals surface area (Å²) < 4.78 is 6.53. The van der Waals surface area contributed by atoms with Gasteiger partial charge in [-0.1, -0.05) is 64.5 Å². The topological polar surface area (TPSA) is 54.3 Å². The van der Waals surface area contributed by atoms with Gasteiger partial charge in [0.05, 0.1) is 24.9 Å². The summed E-state index contributed by atoms with van der Waals surface area (Å²) in [5.74, 6) is 0.712. The lowest BCUT2D eigenvalue weighted by molar-refractivity contribution is -0.121. The molecule has 1 amide bonds. The molecule has 0 radical (unpaired) electrons. The van der Waals surface area contributed by atoms with Crippen molar-refractivity contribution in [3.63, 3.8) is 0 Å². The second-order valence-electron chi connectivity index (χ2n) is 6.05. The molecule has 0 aliphatic carbocycles. The number of carbonyl (C=O) groups is 1. The number of benzene rings is 2. The fourth-order valence-corrected chi connectivity index (χ4v) is 3.50. The molecule has 0 aliphatic rings. The summed E-state index contributed by atoms with van der Waals surface area (Å²) in [6.45, 7) is 2.16. The molecule has 3 aromatic rings. The maximum Gasteiger partial charge on any atom is 0.234 e. The smallest absolute Gasteiger partial charge is 0.234 e. The first kappa shape index (κ1) is 18.4. The van der Waals surface area contributed by atoms with Gasteiger partial charge in [0.2, 0.25) is 5.91 Å². The summed E-state index contributed by atoms with van der Waals surface area (Å²) in [5.41, 5.74) is 2.10. The Morgan fingerprint density at radius 1 is 1.04 bits per heavy atom. The zero-order chi connectivity index (χ0) is 18.4. The minimum Gasteiger partial charge on any atom is -0.467 e. The first-order valence-corrected chi connectivity index (χ1v) is 9.30. The fraction of sp³-hybridized carbons (Fsp3) is 0.190. The van der Waals surface area contributed by atoms with Gasteiger partial charge in [-0.05, 0) is 36.2 Å². The van der Waals surface area contributed by atoms with Gasteiger partial charge in [-0.25, -0.2) is 0 Å². The molecule has 1 heterocycles. The molecule has 1 aromatic heterocycles. The Labute approximate surface area is 161 Å². The third kappa shape index (κ3) is 4.62. The molecule has 0 spiro atoms. The largest absolute Gasteiger partial charge is 0.467 e. The van der Waals surface area contributed by atoms with E-state index < -0.39 is 0 Å². The Hall–Kier alpha value is -2.37. The second kappa shape index (κ2) is 8.83. The molecule has 0 bridgehead atoms. The molecule has 0 fully saturated rings. The molecule has 0 unspecified atom stereocenters. The summed E-state index contributed by atoms with van der Waals surface area (Å²) in [6.07, 6.45) is 1.64. The first-order chi connectivity index (χ1) is 12.6. The zero-order valence-corrected chi connectivity index (χ0v) is 16.1. The monoisotopic (exact) mass is 412 g/mol. The van der Waals surface area contributed by atoms with Crippen molar-refractivity contribution in [3.8, 4) is 0 Å². The predicted octanol–water partition coefficient (Wildman–Crippen LogP) is 4.60. The molecule has 134 valence electrons. The van der Waals surface area contributed by atoms with Crippen LogP contribution < -0.4 is 10.6 Å². The number of hydrogen-bond acceptors (Lipinski definition) is 3. The van der Waals surface area contributed by atoms with E-state index in [1.807, 2.05) is 73.7 Å². The Balaban J connectivity index is 1.64. The molecular formula is C21H21BrN2O2. The van der Waals surface area contributed by atoms with E-state index in [0.29, 0.717) is 0 Å². The minimum absolute atomic E-state index is 0.0688. The van der Waals surface area contributed by atoms with Crippen molar-refractivity contribution in [2.24, 2.45) is 0 Å². The van der Waals surface area contributed by atoms with Gasteiger partial charge in [0, 0.05) is 4.47 Å². The minimum atomic E-state index is -0.171. The van der Waals surface area contributed by atoms with Crippen molar-refractivity contribution < 1.29 is 9.21 Å². The molecule has 2 N–H and O–H groups in total. The van der Waals surface area contributed by atoms with Crippen LogP contribution in [0.1, 0.15) is 35.9 Å². The van der Waals surface area contributed by atoms with Gasteiger partial charge in [0.15, 0.2) is 0 Å². The van der Waals surface area contributed by atoms with Crippen molar-refractivity contribution in [2.75, 3.05) is 6.54 Å². The van der Waals surface area contributed by atoms with E-state index in [2.05, 4.69) is 26.6 Å². The van der Waals surface area contributed by atoms with Gasteiger partial charge in [-0.2, -0.15) is 0 Å². The number of nitrogens with one attached hydrogen (secondary N) is 2. The Kier molecular flexibility index (Phi) is 6.26. The highest BCUT2D eigenvalue weighted by Gasteiger charge is 2.18. The van der Waals surface area contributed by atoms with Crippen LogP contribution in [0.15, 0.2) is 81.9 Å². The molecule has 0 saturated heterocycles. The molecule has 2 aromatic carbocycles. The standard InChI is InChI=1S/C21H21BrN2O2/c1-15(17-10-5-6-11-18(17)22)24-20(25)14-23-21(19-12-7-13-26-19)16-8-3-2-4-9-16/h2-13,15,21,23H,14H2,1H3,(H,24,25)/t15-,21+/m0/s1. The third-order valence-electron chi connectivity index (χ3n) is 4.18. The average Bonchev–Trinajstić information content (AvgIpc) is 3.17. The highest BCUT2D eigenvalue weighted by atomic mass is 79.9. The fourth-order valence-electron chi connectivity index (χ4n) is 2.88. The van der Waals surface area contributed by atoms with Gasteiger partial charge >= 0.3 is 0 Å². The van der Waals surface area contributed by atoms with Crippen LogP contribution >= 0.6 is 15.9 Å². The number of amides is 1. The molecule has 26 heavy (non-hydrogen) atoms. The van der Waals surface area contributed by atoms with Crippen LogP contribution in [0.4, 0.5) is 0 Å². The maximum absolute atomic E-state index is 12.4. The average molecular weight is 413 g/mol. The molecule has 5 heteroatoms. The van der Waals surface area contributed by atoms with E-state index in [4.69, 9.17) is 4.42 Å². The van der Waals surface area contributed by atoms with E-state index >= 15 is 0 Å². The number of halogens is 1. The van der Waals surface area contributed by atoms with Gasteiger partial charge in [0.25, 0.3) is 0 Å². The van der Waals surface area contributed by atoms with Crippen LogP contribution in [-0.4, -0.2) is 12.5 Å². The molecule has 4 nitrogen and oxygen atoms in total. The van der Waals surface area contributed by atoms with Gasteiger partial charge in [-0.15, -0.1) is 0 Å². The Bertz CT molecular complexity index is 834. The number of carbonyl (C=O) groups excluding carboxylic acids is 1. The van der Waals surface area contributed by atoms with Gasteiger partial charge in [0.1, 0.15) is 5.76 Å². The molecule has 0 aliphatic heterocycles. The molecule has 3 rings (SSSR count). The van der Waals surface area contributed by atoms with Crippen molar-refractivity contribution in [2.45, 2.75) is 19.0 Å². The third-order valence-corrected chi connectivity index (χ3v) is 4.90. The van der Waals surface area contributed by atoms with Crippen molar-refractivity contribution in [1.29, 1.82) is 0 Å². The van der Waals surface area contributed by atoms with E-state index in [0.717, 1.165) is 21.4 Å². The normalized spacial score (nSPS) is 13.2. The lowest BCUT2D eigenvalue weighted by Crippen LogP contribution is -2.37. The van der Waals surface area contributed by atoms with Crippen LogP contribution in [0, 0.1) is 0 Å². The highest BCUT2D eigenvalue weighted by Crippen LogP contribution is 2.23. The summed E-state index contributed by atoms with van der Waals surface area (Å²) in [7, 11) is 0. The summed E-state index contributed by atoms with van der Waals surface area (Å²) >= 11 is 3.53. The zero-order valence-electron chi connectivity index (χ0n) is 14.5. The second-order valence-corrected chi connectivity index (χ2v) is 6.91. The summed E-state index contributed by atoms with van der Waals surface area (Å²) in [5, 5.41) is 6.32. The Morgan fingerprint density at radius 3 is 2.46 bits per heavy atom. The molecular weight excluding hydrogens is 392 g/mol. The van der Waals surface area contributed by atoms with Crippen LogP contribution in [0.25, 0.3) is 0 Å². The Morgan fingerprint density at radius 2 is 1.77 bits per heavy atom. The highest BCUT2D eigenvalue weighted by molar-refractivity contribution is 9.10. The molecule has 2 atom stereocenters. The van der Waals surface area contributed by atoms with Gasteiger partial charge in [-0.3, -0.25) is 10.1 Å². The van der Waals surface area contributed by atoms with Crippen LogP contribution in [-0.2, 0) is 4.79 Å². The van der Waals surface area contributed by atoms with E-state index in [9.17, 15) is 4.79 Å². The number of hydrogen-bond donors (Lipinski definition) is 2. The van der Waals surface area contributed by atoms with E-state index in [-0.39, 0.29) is 24.5 Å².